The van der Waals surface area contributed by atoms with Gasteiger partial charge in [0.2, 0.25) is 0 Å². The Bertz CT molecular complexity index is 1020. The van der Waals surface area contributed by atoms with E-state index in [0.29, 0.717) is 42.4 Å². The molecule has 0 bridgehead atoms. The van der Waals surface area contributed by atoms with Crippen LogP contribution < -0.4 is 4.74 Å². The van der Waals surface area contributed by atoms with E-state index < -0.39 is 5.60 Å². The zero-order valence-corrected chi connectivity index (χ0v) is 17.0. The van der Waals surface area contributed by atoms with E-state index in [-0.39, 0.29) is 6.09 Å². The molecule has 1 saturated heterocycles. The first-order chi connectivity index (χ1) is 13.8. The standard InChI is InChI=1S/C20H24N6O3/c1-20(2,3)29-19(27)25-11-13(12-25)9-17-21-10-16-18(22-17)26(24-23-16)14-5-7-15(28-4)8-6-14/h5-8,10,13H,9,11-12H2,1-4H3. The summed E-state index contributed by atoms with van der Waals surface area (Å²) < 4.78 is 12.3. The first-order valence-corrected chi connectivity index (χ1v) is 9.52. The summed E-state index contributed by atoms with van der Waals surface area (Å²) in [4.78, 5) is 22.9. The van der Waals surface area contributed by atoms with Crippen LogP contribution in [0, 0.1) is 5.92 Å². The number of nitrogens with zero attached hydrogens (tertiary/aromatic N) is 6. The van der Waals surface area contributed by atoms with Gasteiger partial charge in [0.1, 0.15) is 17.2 Å². The van der Waals surface area contributed by atoms with Crippen LogP contribution in [-0.2, 0) is 11.2 Å². The zero-order valence-electron chi connectivity index (χ0n) is 17.0. The highest BCUT2D eigenvalue weighted by atomic mass is 16.6. The average Bonchev–Trinajstić information content (AvgIpc) is 3.06. The number of hydrogen-bond acceptors (Lipinski definition) is 7. The molecular weight excluding hydrogens is 372 g/mol. The number of hydrogen-bond donors (Lipinski definition) is 0. The number of aromatic nitrogens is 5. The molecule has 0 unspecified atom stereocenters. The Morgan fingerprint density at radius 2 is 1.93 bits per heavy atom. The minimum absolute atomic E-state index is 0.271. The van der Waals surface area contributed by atoms with E-state index in [0.717, 1.165) is 11.4 Å². The molecule has 9 heteroatoms. The topological polar surface area (TPSA) is 95.3 Å². The lowest BCUT2D eigenvalue weighted by Crippen LogP contribution is -2.52. The Hall–Kier alpha value is -3.23. The quantitative estimate of drug-likeness (QED) is 0.669. The van der Waals surface area contributed by atoms with Crippen molar-refractivity contribution >= 4 is 17.3 Å². The third kappa shape index (κ3) is 4.13. The molecule has 3 heterocycles. The lowest BCUT2D eigenvalue weighted by molar-refractivity contribution is -0.00114. The van der Waals surface area contributed by atoms with Gasteiger partial charge in [0.25, 0.3) is 0 Å². The van der Waals surface area contributed by atoms with Crippen LogP contribution in [0.4, 0.5) is 4.79 Å². The van der Waals surface area contributed by atoms with E-state index in [4.69, 9.17) is 9.47 Å². The fraction of sp³-hybridized carbons (Fsp3) is 0.450. The minimum atomic E-state index is -0.483. The Labute approximate surface area is 168 Å². The molecule has 0 spiro atoms. The Kier molecular flexibility index (Phi) is 4.81. The molecule has 1 aromatic carbocycles. The van der Waals surface area contributed by atoms with E-state index in [9.17, 15) is 4.79 Å². The van der Waals surface area contributed by atoms with Crippen molar-refractivity contribution in [2.45, 2.75) is 32.8 Å². The third-order valence-electron chi connectivity index (χ3n) is 4.64. The summed E-state index contributed by atoms with van der Waals surface area (Å²) in [6.07, 6.45) is 2.10. The normalized spacial score (nSPS) is 14.7. The summed E-state index contributed by atoms with van der Waals surface area (Å²) in [5.41, 5.74) is 1.65. The van der Waals surface area contributed by atoms with E-state index in [1.165, 1.54) is 0 Å². The summed E-state index contributed by atoms with van der Waals surface area (Å²) >= 11 is 0. The molecule has 4 rings (SSSR count). The number of amides is 1. The van der Waals surface area contributed by atoms with Gasteiger partial charge < -0.3 is 14.4 Å². The maximum Gasteiger partial charge on any atom is 0.410 e. The van der Waals surface area contributed by atoms with Crippen LogP contribution in [0.25, 0.3) is 16.9 Å². The summed E-state index contributed by atoms with van der Waals surface area (Å²) in [6.45, 7) is 6.89. The summed E-state index contributed by atoms with van der Waals surface area (Å²) in [6, 6.07) is 7.54. The highest BCUT2D eigenvalue weighted by Gasteiger charge is 2.34. The Morgan fingerprint density at radius 3 is 2.59 bits per heavy atom. The minimum Gasteiger partial charge on any atom is -0.497 e. The number of benzene rings is 1. The number of carbonyl (C=O) groups is 1. The fourth-order valence-electron chi connectivity index (χ4n) is 3.19. The van der Waals surface area contributed by atoms with Crippen LogP contribution >= 0.6 is 0 Å². The molecule has 152 valence electrons. The van der Waals surface area contributed by atoms with E-state index in [1.54, 1.807) is 22.9 Å². The molecule has 0 atom stereocenters. The number of rotatable bonds is 4. The van der Waals surface area contributed by atoms with E-state index >= 15 is 0 Å². The van der Waals surface area contributed by atoms with Crippen molar-refractivity contribution in [3.05, 3.63) is 36.3 Å². The van der Waals surface area contributed by atoms with Crippen molar-refractivity contribution in [2.75, 3.05) is 20.2 Å². The summed E-state index contributed by atoms with van der Waals surface area (Å²) in [7, 11) is 1.63. The van der Waals surface area contributed by atoms with Gasteiger partial charge in [-0.05, 0) is 45.0 Å². The maximum atomic E-state index is 12.1. The van der Waals surface area contributed by atoms with Crippen LogP contribution in [0.2, 0.25) is 0 Å². The first kappa shape index (κ1) is 19.1. The first-order valence-electron chi connectivity index (χ1n) is 9.52. The van der Waals surface area contributed by atoms with Crippen molar-refractivity contribution in [2.24, 2.45) is 5.92 Å². The monoisotopic (exact) mass is 396 g/mol. The zero-order chi connectivity index (χ0) is 20.6. The molecule has 1 amide bonds. The highest BCUT2D eigenvalue weighted by molar-refractivity contribution is 5.71. The van der Waals surface area contributed by atoms with Crippen molar-refractivity contribution in [1.82, 2.24) is 29.9 Å². The molecular formula is C20H24N6O3. The van der Waals surface area contributed by atoms with Gasteiger partial charge in [-0.2, -0.15) is 4.68 Å². The SMILES string of the molecule is COc1ccc(-n2nnc3cnc(CC4CN(C(=O)OC(C)(C)C)C4)nc32)cc1. The average molecular weight is 396 g/mol. The lowest BCUT2D eigenvalue weighted by atomic mass is 9.96. The van der Waals surface area contributed by atoms with E-state index in [1.807, 2.05) is 45.0 Å². The van der Waals surface area contributed by atoms with Gasteiger partial charge in [0.05, 0.1) is 19.0 Å². The van der Waals surface area contributed by atoms with Crippen LogP contribution in [0.15, 0.2) is 30.5 Å². The molecule has 29 heavy (non-hydrogen) atoms. The van der Waals surface area contributed by atoms with Gasteiger partial charge >= 0.3 is 6.09 Å². The Balaban J connectivity index is 1.45. The van der Waals surface area contributed by atoms with Crippen molar-refractivity contribution in [3.8, 4) is 11.4 Å². The van der Waals surface area contributed by atoms with Crippen LogP contribution in [0.3, 0.4) is 0 Å². The third-order valence-corrected chi connectivity index (χ3v) is 4.64. The highest BCUT2D eigenvalue weighted by Crippen LogP contribution is 2.23. The molecule has 0 aliphatic carbocycles. The fourth-order valence-corrected chi connectivity index (χ4v) is 3.19. The number of carbonyl (C=O) groups excluding carboxylic acids is 1. The number of ether oxygens (including phenoxy) is 2. The predicted octanol–water partition coefficient (Wildman–Crippen LogP) is 2.63. The second-order valence-electron chi connectivity index (χ2n) is 8.15. The number of likely N-dealkylation sites (tertiary alicyclic amines) is 1. The second kappa shape index (κ2) is 7.31. The van der Waals surface area contributed by atoms with Crippen molar-refractivity contribution in [1.29, 1.82) is 0 Å². The van der Waals surface area contributed by atoms with Gasteiger partial charge in [0.15, 0.2) is 11.2 Å². The number of methoxy groups -OCH3 is 1. The number of fused-ring (bicyclic) bond motifs is 1. The van der Waals surface area contributed by atoms with Crippen LogP contribution in [0.5, 0.6) is 5.75 Å². The molecule has 1 aliphatic rings. The van der Waals surface area contributed by atoms with Gasteiger partial charge in [-0.25, -0.2) is 14.8 Å². The van der Waals surface area contributed by atoms with Crippen molar-refractivity contribution < 1.29 is 14.3 Å². The molecule has 1 fully saturated rings. The van der Waals surface area contributed by atoms with E-state index in [2.05, 4.69) is 20.3 Å². The summed E-state index contributed by atoms with van der Waals surface area (Å²) in [5.74, 6) is 1.79. The van der Waals surface area contributed by atoms with Gasteiger partial charge in [-0.3, -0.25) is 0 Å². The largest absolute Gasteiger partial charge is 0.497 e. The molecule has 2 aromatic heterocycles. The van der Waals surface area contributed by atoms with Crippen molar-refractivity contribution in [3.63, 3.8) is 0 Å². The van der Waals surface area contributed by atoms with Crippen LogP contribution in [-0.4, -0.2) is 61.8 Å². The van der Waals surface area contributed by atoms with Crippen LogP contribution in [0.1, 0.15) is 26.6 Å². The molecule has 1 aliphatic heterocycles. The molecule has 3 aromatic rings. The molecule has 0 radical (unpaired) electrons. The molecule has 0 saturated carbocycles. The second-order valence-corrected chi connectivity index (χ2v) is 8.15. The summed E-state index contributed by atoms with van der Waals surface area (Å²) in [5, 5.41) is 8.35. The van der Waals surface area contributed by atoms with Gasteiger partial charge in [-0.15, -0.1) is 5.10 Å². The Morgan fingerprint density at radius 1 is 1.21 bits per heavy atom. The molecule has 0 N–H and O–H groups in total. The maximum absolute atomic E-state index is 12.1. The predicted molar refractivity (Wildman–Crippen MR) is 106 cm³/mol. The smallest absolute Gasteiger partial charge is 0.410 e. The molecule has 9 nitrogen and oxygen atoms in total. The van der Waals surface area contributed by atoms with Gasteiger partial charge in [-0.1, -0.05) is 5.21 Å². The lowest BCUT2D eigenvalue weighted by Gasteiger charge is -2.39. The van der Waals surface area contributed by atoms with Gasteiger partial charge in [0, 0.05) is 25.4 Å².